The Morgan fingerprint density at radius 2 is 0.507 bits per heavy atom. The first-order valence-electron chi connectivity index (χ1n) is 29.7. The molecule has 0 bridgehead atoms. The molecule has 0 aromatic rings. The summed E-state index contributed by atoms with van der Waals surface area (Å²) in [6.07, 6.45) is 78.2. The molecular weight excluding hydrogens is 877 g/mol. The van der Waals surface area contributed by atoms with E-state index in [1.807, 2.05) is 0 Å². The molecule has 0 aromatic heterocycles. The van der Waals surface area contributed by atoms with Crippen molar-refractivity contribution in [1.29, 1.82) is 0 Å². The molecule has 0 rings (SSSR count). The summed E-state index contributed by atoms with van der Waals surface area (Å²) in [7, 11) is 0. The number of allylic oxidation sites excluding steroid dienone is 16. The number of carbonyl (C=O) groups excluding carboxylic acids is 3. The summed E-state index contributed by atoms with van der Waals surface area (Å²) < 4.78 is 16.9. The van der Waals surface area contributed by atoms with Crippen LogP contribution >= 0.6 is 0 Å². The molecule has 0 saturated carbocycles. The summed E-state index contributed by atoms with van der Waals surface area (Å²) in [5.41, 5.74) is 0. The van der Waals surface area contributed by atoms with Crippen LogP contribution in [0, 0.1) is 0 Å². The van der Waals surface area contributed by atoms with Gasteiger partial charge in [-0.25, -0.2) is 0 Å². The second kappa shape index (κ2) is 58.9. The Kier molecular flexibility index (Phi) is 55.9. The Labute approximate surface area is 438 Å². The monoisotopic (exact) mass is 987 g/mol. The second-order valence-corrected chi connectivity index (χ2v) is 19.5. The number of rotatable bonds is 53. The van der Waals surface area contributed by atoms with Crippen molar-refractivity contribution in [3.05, 3.63) is 97.2 Å². The molecule has 0 radical (unpaired) electrons. The average molecular weight is 988 g/mol. The Morgan fingerprint density at radius 3 is 0.789 bits per heavy atom. The smallest absolute Gasteiger partial charge is 0.306 e. The molecule has 6 nitrogen and oxygen atoms in total. The molecule has 0 N–H and O–H groups in total. The molecule has 406 valence electrons. The van der Waals surface area contributed by atoms with Crippen molar-refractivity contribution in [3.63, 3.8) is 0 Å². The predicted molar refractivity (Wildman–Crippen MR) is 307 cm³/mol. The van der Waals surface area contributed by atoms with Crippen LogP contribution in [0.3, 0.4) is 0 Å². The lowest BCUT2D eigenvalue weighted by Crippen LogP contribution is -2.30. The second-order valence-electron chi connectivity index (χ2n) is 19.5. The number of ether oxygens (including phenoxy) is 3. The minimum Gasteiger partial charge on any atom is -0.462 e. The minimum absolute atomic E-state index is 0.0967. The maximum atomic E-state index is 12.9. The first-order valence-corrected chi connectivity index (χ1v) is 29.7. The van der Waals surface area contributed by atoms with Gasteiger partial charge in [0.05, 0.1) is 0 Å². The van der Waals surface area contributed by atoms with Gasteiger partial charge in [-0.15, -0.1) is 0 Å². The Hall–Kier alpha value is -3.67. The molecule has 0 heterocycles. The number of esters is 3. The van der Waals surface area contributed by atoms with Crippen LogP contribution in [0.15, 0.2) is 97.2 Å². The molecule has 71 heavy (non-hydrogen) atoms. The van der Waals surface area contributed by atoms with Crippen molar-refractivity contribution >= 4 is 17.9 Å². The highest BCUT2D eigenvalue weighted by Crippen LogP contribution is 2.14. The van der Waals surface area contributed by atoms with E-state index < -0.39 is 6.10 Å². The van der Waals surface area contributed by atoms with Gasteiger partial charge < -0.3 is 14.2 Å². The molecule has 0 aliphatic rings. The van der Waals surface area contributed by atoms with Gasteiger partial charge in [-0.3, -0.25) is 14.4 Å². The summed E-state index contributed by atoms with van der Waals surface area (Å²) >= 11 is 0. The lowest BCUT2D eigenvalue weighted by atomic mass is 10.1. The van der Waals surface area contributed by atoms with Crippen molar-refractivity contribution in [2.45, 2.75) is 284 Å². The van der Waals surface area contributed by atoms with Crippen LogP contribution < -0.4 is 0 Å². The molecule has 0 aliphatic heterocycles. The summed E-state index contributed by atoms with van der Waals surface area (Å²) in [5.74, 6) is -0.940. The van der Waals surface area contributed by atoms with Gasteiger partial charge in [0.25, 0.3) is 0 Å². The largest absolute Gasteiger partial charge is 0.462 e. The Balaban J connectivity index is 4.47. The summed E-state index contributed by atoms with van der Waals surface area (Å²) in [4.78, 5) is 38.2. The summed E-state index contributed by atoms with van der Waals surface area (Å²) in [6, 6.07) is 0. The van der Waals surface area contributed by atoms with Gasteiger partial charge in [-0.2, -0.15) is 0 Å². The summed E-state index contributed by atoms with van der Waals surface area (Å²) in [5, 5.41) is 0. The zero-order valence-electron chi connectivity index (χ0n) is 46.5. The normalized spacial score (nSPS) is 12.8. The third kappa shape index (κ3) is 57.1. The van der Waals surface area contributed by atoms with Gasteiger partial charge >= 0.3 is 17.9 Å². The van der Waals surface area contributed by atoms with E-state index in [1.54, 1.807) is 0 Å². The molecule has 0 amide bonds. The van der Waals surface area contributed by atoms with Crippen LogP contribution in [-0.4, -0.2) is 37.2 Å². The Bertz CT molecular complexity index is 1410. The number of carbonyl (C=O) groups is 3. The molecule has 0 spiro atoms. The molecular formula is C65H110O6. The van der Waals surface area contributed by atoms with E-state index in [0.717, 1.165) is 116 Å². The van der Waals surface area contributed by atoms with E-state index in [2.05, 4.69) is 118 Å². The minimum atomic E-state index is -0.802. The standard InChI is InChI=1S/C65H110O6/c1-4-7-10-13-16-19-22-25-28-31-32-35-37-40-43-46-49-52-55-58-64(67)70-61-62(71-65(68)59-56-53-50-47-44-41-38-34-30-27-24-21-18-15-12-9-6-3)60-69-63(66)57-54-51-48-45-42-39-36-33-29-26-23-20-17-14-11-8-5-2/h16-21,25-30,36,38-39,41,62H,4-15,22-24,31-35,37,40,42-61H2,1-3H3/b19-16-,20-17-,21-18-,28-25-,29-26-,30-27-,39-36-,41-38-/t62-/m0/s1. The fourth-order valence-corrected chi connectivity index (χ4v) is 8.01. The molecule has 0 unspecified atom stereocenters. The van der Waals surface area contributed by atoms with Gasteiger partial charge in [-0.05, 0) is 128 Å². The highest BCUT2D eigenvalue weighted by atomic mass is 16.6. The predicted octanol–water partition coefficient (Wildman–Crippen LogP) is 20.1. The van der Waals surface area contributed by atoms with Crippen LogP contribution in [0.4, 0.5) is 0 Å². The van der Waals surface area contributed by atoms with Gasteiger partial charge in [0.1, 0.15) is 13.2 Å². The van der Waals surface area contributed by atoms with Crippen molar-refractivity contribution in [2.75, 3.05) is 13.2 Å². The molecule has 0 aromatic carbocycles. The highest BCUT2D eigenvalue weighted by Gasteiger charge is 2.19. The fourth-order valence-electron chi connectivity index (χ4n) is 8.01. The van der Waals surface area contributed by atoms with E-state index in [0.29, 0.717) is 19.3 Å². The summed E-state index contributed by atoms with van der Waals surface area (Å²) in [6.45, 7) is 6.53. The first kappa shape index (κ1) is 67.3. The van der Waals surface area contributed by atoms with Crippen LogP contribution in [0.2, 0.25) is 0 Å². The SMILES string of the molecule is CCCCC/C=C\C/C=C\C/C=C\CCCCCCC(=O)OC[C@@H](COC(=O)CCCCCCCCCCC/C=C\C/C=C\CCCCC)OC(=O)CCCCCC/C=C\C/C=C\C/C=C\CCCCC. The van der Waals surface area contributed by atoms with Crippen LogP contribution in [0.5, 0.6) is 0 Å². The van der Waals surface area contributed by atoms with E-state index in [4.69, 9.17) is 14.2 Å². The Morgan fingerprint density at radius 1 is 0.282 bits per heavy atom. The third-order valence-electron chi connectivity index (χ3n) is 12.5. The van der Waals surface area contributed by atoms with Gasteiger partial charge in [0, 0.05) is 19.3 Å². The van der Waals surface area contributed by atoms with Crippen LogP contribution in [0.25, 0.3) is 0 Å². The van der Waals surface area contributed by atoms with Gasteiger partial charge in [-0.1, -0.05) is 227 Å². The van der Waals surface area contributed by atoms with Crippen molar-refractivity contribution < 1.29 is 28.6 Å². The van der Waals surface area contributed by atoms with Crippen LogP contribution in [-0.2, 0) is 28.6 Å². The average Bonchev–Trinajstić information content (AvgIpc) is 3.37. The molecule has 6 heteroatoms. The van der Waals surface area contributed by atoms with E-state index in [1.165, 1.54) is 122 Å². The lowest BCUT2D eigenvalue weighted by Gasteiger charge is -2.18. The maximum absolute atomic E-state index is 12.9. The molecule has 0 aliphatic carbocycles. The van der Waals surface area contributed by atoms with Gasteiger partial charge in [0.2, 0.25) is 0 Å². The molecule has 0 saturated heterocycles. The molecule has 1 atom stereocenters. The van der Waals surface area contributed by atoms with Crippen LogP contribution in [0.1, 0.15) is 278 Å². The van der Waals surface area contributed by atoms with E-state index in [9.17, 15) is 14.4 Å². The van der Waals surface area contributed by atoms with Crippen molar-refractivity contribution in [2.24, 2.45) is 0 Å². The van der Waals surface area contributed by atoms with Crippen molar-refractivity contribution in [1.82, 2.24) is 0 Å². The quantitative estimate of drug-likeness (QED) is 0.0261. The zero-order chi connectivity index (χ0) is 51.4. The number of hydrogen-bond acceptors (Lipinski definition) is 6. The number of hydrogen-bond donors (Lipinski definition) is 0. The lowest BCUT2D eigenvalue weighted by molar-refractivity contribution is -0.167. The third-order valence-corrected chi connectivity index (χ3v) is 12.5. The number of unbranched alkanes of at least 4 members (excludes halogenated alkanes) is 26. The highest BCUT2D eigenvalue weighted by molar-refractivity contribution is 5.71. The van der Waals surface area contributed by atoms with Crippen molar-refractivity contribution in [3.8, 4) is 0 Å². The fraction of sp³-hybridized carbons (Fsp3) is 0.708. The maximum Gasteiger partial charge on any atom is 0.306 e. The van der Waals surface area contributed by atoms with E-state index in [-0.39, 0.29) is 31.1 Å². The van der Waals surface area contributed by atoms with E-state index >= 15 is 0 Å². The first-order chi connectivity index (χ1) is 35.0. The van der Waals surface area contributed by atoms with Gasteiger partial charge in [0.15, 0.2) is 6.10 Å². The topological polar surface area (TPSA) is 78.9 Å². The zero-order valence-corrected chi connectivity index (χ0v) is 46.5. The molecule has 0 fully saturated rings.